The van der Waals surface area contributed by atoms with Gasteiger partial charge in [0.2, 0.25) is 15.9 Å². The van der Waals surface area contributed by atoms with Gasteiger partial charge in [-0.1, -0.05) is 41.9 Å². The van der Waals surface area contributed by atoms with Crippen molar-refractivity contribution in [3.05, 3.63) is 70.5 Å². The van der Waals surface area contributed by atoms with Gasteiger partial charge in [-0.15, -0.1) is 0 Å². The van der Waals surface area contributed by atoms with Crippen LogP contribution < -0.4 is 5.32 Å². The zero-order valence-electron chi connectivity index (χ0n) is 17.1. The van der Waals surface area contributed by atoms with Gasteiger partial charge < -0.3 is 5.32 Å². The predicted octanol–water partition coefficient (Wildman–Crippen LogP) is 4.07. The summed E-state index contributed by atoms with van der Waals surface area (Å²) in [6, 6.07) is 13.5. The highest BCUT2D eigenvalue weighted by Crippen LogP contribution is 2.23. The number of hydrogen-bond donors (Lipinski definition) is 1. The Labute approximate surface area is 192 Å². The molecule has 0 aliphatic carbocycles. The summed E-state index contributed by atoms with van der Waals surface area (Å²) in [7, 11) is -3.45. The van der Waals surface area contributed by atoms with Crippen molar-refractivity contribution in [1.29, 1.82) is 0 Å². The summed E-state index contributed by atoms with van der Waals surface area (Å²) in [5.41, 5.74) is 1.31. The normalized spacial score (nSPS) is 15.7. The minimum Gasteiger partial charge on any atom is -0.355 e. The van der Waals surface area contributed by atoms with Gasteiger partial charge in [0.05, 0.1) is 5.75 Å². The van der Waals surface area contributed by atoms with Gasteiger partial charge in [0.1, 0.15) is 5.82 Å². The lowest BCUT2D eigenvalue weighted by Crippen LogP contribution is -2.43. The molecule has 0 radical (unpaired) electrons. The average Bonchev–Trinajstić information content (AvgIpc) is 2.74. The highest BCUT2D eigenvalue weighted by Gasteiger charge is 2.31. The molecule has 0 saturated carbocycles. The van der Waals surface area contributed by atoms with Gasteiger partial charge in [-0.25, -0.2) is 17.1 Å². The largest absolute Gasteiger partial charge is 0.355 e. The maximum absolute atomic E-state index is 13.6. The van der Waals surface area contributed by atoms with E-state index in [1.54, 1.807) is 48.2 Å². The van der Waals surface area contributed by atoms with E-state index in [4.69, 9.17) is 11.6 Å². The Hall–Kier alpha value is -1.61. The van der Waals surface area contributed by atoms with Gasteiger partial charge >= 0.3 is 0 Å². The van der Waals surface area contributed by atoms with E-state index < -0.39 is 10.0 Å². The number of amides is 1. The number of nitrogens with zero attached hydrogens (tertiary/aromatic N) is 1. The molecule has 3 rings (SSSR count). The molecule has 2 aromatic carbocycles. The fourth-order valence-corrected chi connectivity index (χ4v) is 6.12. The average molecular weight is 485 g/mol. The number of piperidine rings is 1. The minimum absolute atomic E-state index is 0.0432. The Morgan fingerprint density at radius 2 is 1.90 bits per heavy atom. The van der Waals surface area contributed by atoms with E-state index >= 15 is 0 Å². The van der Waals surface area contributed by atoms with Crippen LogP contribution in [0, 0.1) is 11.7 Å². The molecule has 5 nitrogen and oxygen atoms in total. The van der Waals surface area contributed by atoms with E-state index in [2.05, 4.69) is 5.32 Å². The third kappa shape index (κ3) is 7.20. The third-order valence-electron chi connectivity index (χ3n) is 5.22. The van der Waals surface area contributed by atoms with Crippen LogP contribution in [0.2, 0.25) is 5.02 Å². The molecule has 31 heavy (non-hydrogen) atoms. The summed E-state index contributed by atoms with van der Waals surface area (Å²) in [6.45, 7) is 1.18. The van der Waals surface area contributed by atoms with Crippen molar-refractivity contribution < 1.29 is 17.6 Å². The fourth-order valence-electron chi connectivity index (χ4n) is 3.51. The first-order chi connectivity index (χ1) is 14.8. The molecular weight excluding hydrogens is 459 g/mol. The molecule has 9 heteroatoms. The molecule has 1 amide bonds. The molecule has 0 bridgehead atoms. The Kier molecular flexibility index (Phi) is 8.77. The third-order valence-corrected chi connectivity index (χ3v) is 8.31. The Bertz CT molecular complexity index is 996. The highest BCUT2D eigenvalue weighted by molar-refractivity contribution is 7.98. The minimum atomic E-state index is -3.45. The predicted molar refractivity (Wildman–Crippen MR) is 124 cm³/mol. The van der Waals surface area contributed by atoms with E-state index in [0.717, 1.165) is 0 Å². The number of nitrogens with one attached hydrogen (secondary N) is 1. The summed E-state index contributed by atoms with van der Waals surface area (Å²) in [5, 5.41) is 3.43. The zero-order valence-corrected chi connectivity index (χ0v) is 19.5. The van der Waals surface area contributed by atoms with E-state index in [1.165, 1.54) is 10.4 Å². The van der Waals surface area contributed by atoms with Crippen LogP contribution in [0.4, 0.5) is 4.39 Å². The number of thioether (sulfide) groups is 1. The Morgan fingerprint density at radius 1 is 1.16 bits per heavy atom. The van der Waals surface area contributed by atoms with E-state index in [9.17, 15) is 17.6 Å². The van der Waals surface area contributed by atoms with Crippen LogP contribution in [0.5, 0.6) is 0 Å². The Morgan fingerprint density at radius 3 is 2.61 bits per heavy atom. The van der Waals surface area contributed by atoms with Crippen LogP contribution in [0.25, 0.3) is 0 Å². The molecule has 1 saturated heterocycles. The molecule has 0 unspecified atom stereocenters. The van der Waals surface area contributed by atoms with Gasteiger partial charge in [0, 0.05) is 42.1 Å². The molecule has 1 N–H and O–H groups in total. The number of carbonyl (C=O) groups excluding carboxylic acids is 1. The second-order valence-corrected chi connectivity index (χ2v) is 11.0. The van der Waals surface area contributed by atoms with Gasteiger partial charge in [-0.05, 0) is 42.2 Å². The number of sulfonamides is 1. The van der Waals surface area contributed by atoms with E-state index in [-0.39, 0.29) is 23.4 Å². The standard InChI is InChI=1S/C22H26ClFN2O3S2/c23-20-6-3-4-17(14-20)16-31(28,29)26-11-8-18(9-12-26)22(27)25-10-13-30-15-19-5-1-2-7-21(19)24/h1-7,14,18H,8-13,15-16H2,(H,25,27). The van der Waals surface area contributed by atoms with Crippen LogP contribution in [0.1, 0.15) is 24.0 Å². The molecule has 0 aromatic heterocycles. The Balaban J connectivity index is 1.37. The summed E-state index contributed by atoms with van der Waals surface area (Å²) >= 11 is 7.50. The van der Waals surface area contributed by atoms with Crippen molar-refractivity contribution in [3.8, 4) is 0 Å². The lowest BCUT2D eigenvalue weighted by atomic mass is 9.97. The molecule has 1 fully saturated rings. The lowest BCUT2D eigenvalue weighted by molar-refractivity contribution is -0.125. The first-order valence-corrected chi connectivity index (χ1v) is 13.3. The van der Waals surface area contributed by atoms with Crippen molar-refractivity contribution in [2.45, 2.75) is 24.3 Å². The molecule has 1 aliphatic rings. The molecule has 1 heterocycles. The number of halogens is 2. The second-order valence-electron chi connectivity index (χ2n) is 7.49. The summed E-state index contributed by atoms with van der Waals surface area (Å²) in [6.07, 6.45) is 1.01. The van der Waals surface area contributed by atoms with Crippen molar-refractivity contribution >= 4 is 39.3 Å². The van der Waals surface area contributed by atoms with Crippen molar-refractivity contribution in [3.63, 3.8) is 0 Å². The number of benzene rings is 2. The maximum Gasteiger partial charge on any atom is 0.223 e. The SMILES string of the molecule is O=C(NCCSCc1ccccc1F)C1CCN(S(=O)(=O)Cc2cccc(Cl)c2)CC1. The second kappa shape index (κ2) is 11.3. The highest BCUT2D eigenvalue weighted by atomic mass is 35.5. The molecular formula is C22H26ClFN2O3S2. The summed E-state index contributed by atoms with van der Waals surface area (Å²) < 4.78 is 40.4. The van der Waals surface area contributed by atoms with Crippen LogP contribution in [-0.4, -0.2) is 44.0 Å². The van der Waals surface area contributed by atoms with Gasteiger partial charge in [0.25, 0.3) is 0 Å². The van der Waals surface area contributed by atoms with Crippen LogP contribution >= 0.6 is 23.4 Å². The number of carbonyl (C=O) groups is 1. The smallest absolute Gasteiger partial charge is 0.223 e. The van der Waals surface area contributed by atoms with Crippen LogP contribution in [0.15, 0.2) is 48.5 Å². The lowest BCUT2D eigenvalue weighted by Gasteiger charge is -2.30. The van der Waals surface area contributed by atoms with Gasteiger partial charge in [0.15, 0.2) is 0 Å². The van der Waals surface area contributed by atoms with Gasteiger partial charge in [-0.2, -0.15) is 11.8 Å². The van der Waals surface area contributed by atoms with E-state index in [1.807, 2.05) is 6.07 Å². The maximum atomic E-state index is 13.6. The topological polar surface area (TPSA) is 66.5 Å². The molecule has 1 aliphatic heterocycles. The van der Waals surface area contributed by atoms with Crippen molar-refractivity contribution in [2.24, 2.45) is 5.92 Å². The first kappa shape index (κ1) is 24.0. The first-order valence-electron chi connectivity index (χ1n) is 10.2. The molecule has 168 valence electrons. The summed E-state index contributed by atoms with van der Waals surface area (Å²) in [5.74, 6) is 0.714. The van der Waals surface area contributed by atoms with Crippen molar-refractivity contribution in [1.82, 2.24) is 9.62 Å². The number of hydrogen-bond acceptors (Lipinski definition) is 4. The molecule has 0 spiro atoms. The van der Waals surface area contributed by atoms with Crippen LogP contribution in [0.3, 0.4) is 0 Å². The molecule has 2 aromatic rings. The number of rotatable bonds is 9. The zero-order chi connectivity index (χ0) is 22.3. The monoisotopic (exact) mass is 484 g/mol. The van der Waals surface area contributed by atoms with Gasteiger partial charge in [-0.3, -0.25) is 4.79 Å². The van der Waals surface area contributed by atoms with E-state index in [0.29, 0.717) is 60.1 Å². The quantitative estimate of drug-likeness (QED) is 0.545. The molecule has 0 atom stereocenters. The summed E-state index contributed by atoms with van der Waals surface area (Å²) in [4.78, 5) is 12.4. The van der Waals surface area contributed by atoms with Crippen molar-refractivity contribution in [2.75, 3.05) is 25.4 Å². The fraction of sp³-hybridized carbons (Fsp3) is 0.409. The van der Waals surface area contributed by atoms with Crippen LogP contribution in [-0.2, 0) is 26.3 Å².